The summed E-state index contributed by atoms with van der Waals surface area (Å²) in [4.78, 5) is 25.1. The first kappa shape index (κ1) is 26.3. The van der Waals surface area contributed by atoms with E-state index >= 15 is 0 Å². The molecule has 178 valence electrons. The van der Waals surface area contributed by atoms with E-state index in [4.69, 9.17) is 24.6 Å². The highest BCUT2D eigenvalue weighted by atomic mass is 31.2. The van der Waals surface area contributed by atoms with E-state index in [2.05, 4.69) is 4.98 Å². The van der Waals surface area contributed by atoms with Gasteiger partial charge in [0.05, 0.1) is 19.3 Å². The molecule has 10 nitrogen and oxygen atoms in total. The van der Waals surface area contributed by atoms with Crippen LogP contribution in [0.4, 0.5) is 10.2 Å². The van der Waals surface area contributed by atoms with Crippen molar-refractivity contribution in [3.8, 4) is 0 Å². The Morgan fingerprint density at radius 3 is 2.69 bits per heavy atom. The molecule has 5 atom stereocenters. The maximum atomic E-state index is 12.2. The Morgan fingerprint density at radius 2 is 2.09 bits per heavy atom. The van der Waals surface area contributed by atoms with Gasteiger partial charge in [-0.2, -0.15) is 4.98 Å². The molecule has 0 radical (unpaired) electrons. The number of halogens is 1. The van der Waals surface area contributed by atoms with Gasteiger partial charge in [-0.05, 0) is 37.1 Å². The Labute approximate surface area is 186 Å². The predicted octanol–water partition coefficient (Wildman–Crippen LogP) is 1.49. The fraction of sp³-hybridized carbons (Fsp3) is 0.500. The summed E-state index contributed by atoms with van der Waals surface area (Å²) in [5.41, 5.74) is 5.85. The van der Waals surface area contributed by atoms with Crippen molar-refractivity contribution in [2.24, 2.45) is 5.92 Å². The average molecular weight is 473 g/mol. The van der Waals surface area contributed by atoms with Crippen molar-refractivity contribution in [3.63, 3.8) is 0 Å². The van der Waals surface area contributed by atoms with Gasteiger partial charge in [0.25, 0.3) is 0 Å². The number of aliphatic hydroxyl groups is 2. The molecular weight excluding hydrogens is 444 g/mol. The maximum Gasteiger partial charge on any atom is 0.351 e. The van der Waals surface area contributed by atoms with Crippen molar-refractivity contribution in [1.82, 2.24) is 9.55 Å². The summed E-state index contributed by atoms with van der Waals surface area (Å²) in [6, 6.07) is 7.97. The van der Waals surface area contributed by atoms with Crippen LogP contribution in [0.15, 0.2) is 41.3 Å². The summed E-state index contributed by atoms with van der Waals surface area (Å²) in [6.07, 6.45) is -0.487. The van der Waals surface area contributed by atoms with E-state index in [9.17, 15) is 19.2 Å². The summed E-state index contributed by atoms with van der Waals surface area (Å²) in [7, 11) is -2.12. The molecule has 5 N–H and O–H groups in total. The quantitative estimate of drug-likeness (QED) is 0.330. The molecule has 3 rings (SSSR count). The van der Waals surface area contributed by atoms with E-state index in [1.54, 1.807) is 13.0 Å². The first-order chi connectivity index (χ1) is 15.2. The Morgan fingerprint density at radius 1 is 1.34 bits per heavy atom. The van der Waals surface area contributed by atoms with Crippen LogP contribution in [0.2, 0.25) is 0 Å². The molecule has 1 aliphatic rings. The molecule has 0 amide bonds. The van der Waals surface area contributed by atoms with Gasteiger partial charge in [-0.1, -0.05) is 19.1 Å². The van der Waals surface area contributed by atoms with E-state index in [0.29, 0.717) is 6.42 Å². The highest BCUT2D eigenvalue weighted by molar-refractivity contribution is 7.40. The van der Waals surface area contributed by atoms with Crippen LogP contribution in [-0.4, -0.2) is 56.7 Å². The number of hydrogen-bond donors (Lipinski definition) is 4. The van der Waals surface area contributed by atoms with Gasteiger partial charge < -0.3 is 34.6 Å². The number of hydrogen-bond acceptors (Lipinski definition) is 9. The second-order valence-corrected chi connectivity index (χ2v) is 8.19. The van der Waals surface area contributed by atoms with Crippen molar-refractivity contribution in [2.45, 2.75) is 38.7 Å². The second kappa shape index (κ2) is 12.9. The lowest BCUT2D eigenvalue weighted by Crippen LogP contribution is -2.31. The molecule has 1 saturated heterocycles. The van der Waals surface area contributed by atoms with Gasteiger partial charge in [-0.3, -0.25) is 4.57 Å². The molecule has 12 heteroatoms. The van der Waals surface area contributed by atoms with Crippen LogP contribution in [0, 0.1) is 18.7 Å². The Balaban J connectivity index is 0.000000380. The molecule has 2 heterocycles. The van der Waals surface area contributed by atoms with E-state index in [0.717, 1.165) is 5.56 Å². The van der Waals surface area contributed by atoms with Crippen LogP contribution in [0.1, 0.15) is 25.1 Å². The molecule has 0 saturated carbocycles. The zero-order chi connectivity index (χ0) is 23.7. The van der Waals surface area contributed by atoms with Crippen LogP contribution < -0.4 is 11.4 Å². The number of ether oxygens (including phenoxy) is 1. The molecule has 5 unspecified atom stereocenters. The molecule has 0 aliphatic carbocycles. The zero-order valence-electron chi connectivity index (χ0n) is 17.9. The monoisotopic (exact) mass is 473 g/mol. The molecule has 0 spiro atoms. The minimum absolute atomic E-state index is 0.0444. The van der Waals surface area contributed by atoms with Crippen molar-refractivity contribution < 1.29 is 33.3 Å². The number of nitrogen functional groups attached to an aromatic ring is 1. The number of aliphatic hydroxyl groups excluding tert-OH is 2. The van der Waals surface area contributed by atoms with Gasteiger partial charge >= 0.3 is 14.3 Å². The fourth-order valence-corrected chi connectivity index (χ4v) is 3.59. The maximum absolute atomic E-state index is 12.2. The lowest BCUT2D eigenvalue weighted by atomic mass is 10.0. The lowest BCUT2D eigenvalue weighted by molar-refractivity contribution is -0.0453. The van der Waals surface area contributed by atoms with Gasteiger partial charge in [0.2, 0.25) is 0 Å². The Bertz CT molecular complexity index is 886. The molecule has 1 fully saturated rings. The van der Waals surface area contributed by atoms with Crippen molar-refractivity contribution in [1.29, 1.82) is 0 Å². The predicted molar refractivity (Wildman–Crippen MR) is 116 cm³/mol. The largest absolute Gasteiger partial charge is 0.396 e. The van der Waals surface area contributed by atoms with Crippen molar-refractivity contribution in [3.05, 3.63) is 58.4 Å². The van der Waals surface area contributed by atoms with Crippen LogP contribution in [0.25, 0.3) is 0 Å². The average Bonchev–Trinajstić information content (AvgIpc) is 3.01. The number of aryl methyl sites for hydroxylation is 1. The van der Waals surface area contributed by atoms with Crippen molar-refractivity contribution in [2.75, 3.05) is 25.6 Å². The third-order valence-electron chi connectivity index (χ3n) is 4.64. The zero-order valence-corrected chi connectivity index (χ0v) is 18.8. The SMILES string of the molecule is CC1C(O)C(COP(O)OCCCO)OC1n1ccc(N)nc1=O.Cc1cccc(F)c1. The number of rotatable bonds is 8. The van der Waals surface area contributed by atoms with Crippen molar-refractivity contribution >= 4 is 14.4 Å². The summed E-state index contributed by atoms with van der Waals surface area (Å²) in [6.45, 7) is 3.62. The van der Waals surface area contributed by atoms with Crippen LogP contribution in [-0.2, 0) is 13.8 Å². The minimum Gasteiger partial charge on any atom is -0.396 e. The van der Waals surface area contributed by atoms with E-state index in [-0.39, 0.29) is 37.4 Å². The molecule has 0 bridgehead atoms. The lowest BCUT2D eigenvalue weighted by Gasteiger charge is -2.18. The van der Waals surface area contributed by atoms with Crippen LogP contribution in [0.5, 0.6) is 0 Å². The Hall–Kier alpha value is -1.98. The number of nitrogens with two attached hydrogens (primary N) is 1. The number of aromatic nitrogens is 2. The highest BCUT2D eigenvalue weighted by Gasteiger charge is 2.42. The summed E-state index contributed by atoms with van der Waals surface area (Å²) >= 11 is 0. The molecule has 1 aromatic heterocycles. The molecule has 1 aromatic carbocycles. The van der Waals surface area contributed by atoms with E-state index < -0.39 is 32.7 Å². The number of nitrogens with zero attached hydrogens (tertiary/aromatic N) is 2. The minimum atomic E-state index is -2.12. The molecular formula is C20H29FN3O7P. The highest BCUT2D eigenvalue weighted by Crippen LogP contribution is 2.38. The first-order valence-corrected chi connectivity index (χ1v) is 11.1. The van der Waals surface area contributed by atoms with Crippen LogP contribution >= 0.6 is 8.60 Å². The van der Waals surface area contributed by atoms with Gasteiger partial charge in [0.15, 0.2) is 0 Å². The van der Waals surface area contributed by atoms with Gasteiger partial charge in [0, 0.05) is 18.7 Å². The summed E-state index contributed by atoms with van der Waals surface area (Å²) < 4.78 is 29.2. The third-order valence-corrected chi connectivity index (χ3v) is 5.42. The third kappa shape index (κ3) is 7.86. The Kier molecular flexibility index (Phi) is 10.6. The summed E-state index contributed by atoms with van der Waals surface area (Å²) in [5, 5.41) is 18.9. The van der Waals surface area contributed by atoms with Gasteiger partial charge in [-0.15, -0.1) is 0 Å². The van der Waals surface area contributed by atoms with E-state index in [1.807, 2.05) is 13.0 Å². The normalized spacial score (nSPS) is 23.4. The van der Waals surface area contributed by atoms with E-state index in [1.165, 1.54) is 29.0 Å². The molecule has 32 heavy (non-hydrogen) atoms. The topological polar surface area (TPSA) is 149 Å². The van der Waals surface area contributed by atoms with Gasteiger partial charge in [0.1, 0.15) is 24.0 Å². The first-order valence-electron chi connectivity index (χ1n) is 9.99. The molecule has 2 aromatic rings. The second-order valence-electron chi connectivity index (χ2n) is 7.20. The summed E-state index contributed by atoms with van der Waals surface area (Å²) in [5.74, 6) is -0.444. The molecule has 1 aliphatic heterocycles. The van der Waals surface area contributed by atoms with Gasteiger partial charge in [-0.25, -0.2) is 9.18 Å². The standard InChI is InChI=1S/C13H22N3O7P.C7H7F/c1-8-11(18)9(7-22-24(20)21-6-2-5-17)23-12(8)16-4-3-10(14)15-13(16)19;1-6-3-2-4-7(8)5-6/h3-4,8-9,11-12,17-18,20H,2,5-7H2,1H3,(H2,14,15,19);2-5H,1H3. The smallest absolute Gasteiger partial charge is 0.351 e. The fourth-order valence-electron chi connectivity index (χ4n) is 2.95. The number of anilines is 1. The van der Waals surface area contributed by atoms with Crippen LogP contribution in [0.3, 0.4) is 0 Å². The number of benzene rings is 1.